The summed E-state index contributed by atoms with van der Waals surface area (Å²) < 4.78 is 0. The van der Waals surface area contributed by atoms with E-state index in [-0.39, 0.29) is 5.91 Å². The minimum Gasteiger partial charge on any atom is -0.338 e. The predicted molar refractivity (Wildman–Crippen MR) is 79.0 cm³/mol. The summed E-state index contributed by atoms with van der Waals surface area (Å²) in [5.74, 6) is 0.596. The Morgan fingerprint density at radius 3 is 2.75 bits per heavy atom. The molecule has 1 fully saturated rings. The third kappa shape index (κ3) is 2.72. The first-order valence-corrected chi connectivity index (χ1v) is 7.72. The number of piperidine rings is 1. The lowest BCUT2D eigenvalue weighted by atomic mass is 9.94. The van der Waals surface area contributed by atoms with Gasteiger partial charge in [0.1, 0.15) is 0 Å². The lowest BCUT2D eigenvalue weighted by Gasteiger charge is -2.31. The first-order valence-electron chi connectivity index (χ1n) is 6.84. The average molecular weight is 287 g/mol. The maximum Gasteiger partial charge on any atom is 0.263 e. The average Bonchev–Trinajstić information content (AvgIpc) is 2.94. The Hall–Kier alpha value is -1.75. The van der Waals surface area contributed by atoms with Crippen molar-refractivity contribution in [3.8, 4) is 0 Å². The largest absolute Gasteiger partial charge is 0.338 e. The fourth-order valence-electron chi connectivity index (χ4n) is 2.60. The zero-order valence-electron chi connectivity index (χ0n) is 11.5. The van der Waals surface area contributed by atoms with Crippen LogP contribution in [0.25, 0.3) is 0 Å². The van der Waals surface area contributed by atoms with E-state index in [0.717, 1.165) is 42.1 Å². The van der Waals surface area contributed by atoms with Crippen molar-refractivity contribution in [2.24, 2.45) is 0 Å². The standard InChI is InChI=1S/C15H17N3OS/c1-11-8-14(20-10-11)15(19)18-6-2-12(3-7-18)13-9-16-4-5-17-13/h4-5,8-10,12H,2-3,6-7H2,1H3. The molecule has 1 aliphatic rings. The monoisotopic (exact) mass is 287 g/mol. The van der Waals surface area contributed by atoms with Crippen LogP contribution in [0.4, 0.5) is 0 Å². The number of amides is 1. The van der Waals surface area contributed by atoms with Gasteiger partial charge in [0.25, 0.3) is 5.91 Å². The van der Waals surface area contributed by atoms with Gasteiger partial charge in [0, 0.05) is 37.6 Å². The molecule has 2 aromatic heterocycles. The van der Waals surface area contributed by atoms with E-state index in [4.69, 9.17) is 0 Å². The number of thiophene rings is 1. The highest BCUT2D eigenvalue weighted by Crippen LogP contribution is 2.27. The van der Waals surface area contributed by atoms with Crippen LogP contribution in [0.2, 0.25) is 0 Å². The van der Waals surface area contributed by atoms with Crippen molar-refractivity contribution in [1.82, 2.24) is 14.9 Å². The highest BCUT2D eigenvalue weighted by atomic mass is 32.1. The van der Waals surface area contributed by atoms with Crippen molar-refractivity contribution < 1.29 is 4.79 Å². The fraction of sp³-hybridized carbons (Fsp3) is 0.400. The molecule has 5 heteroatoms. The van der Waals surface area contributed by atoms with Gasteiger partial charge in [-0.25, -0.2) is 0 Å². The van der Waals surface area contributed by atoms with Crippen molar-refractivity contribution in [1.29, 1.82) is 0 Å². The first-order chi connectivity index (χ1) is 9.74. The molecule has 104 valence electrons. The molecular formula is C15H17N3OS. The van der Waals surface area contributed by atoms with E-state index >= 15 is 0 Å². The summed E-state index contributed by atoms with van der Waals surface area (Å²) in [6.07, 6.45) is 7.21. The number of likely N-dealkylation sites (tertiary alicyclic amines) is 1. The van der Waals surface area contributed by atoms with Gasteiger partial charge in [-0.15, -0.1) is 11.3 Å². The first kappa shape index (κ1) is 13.2. The summed E-state index contributed by atoms with van der Waals surface area (Å²) in [6, 6.07) is 1.97. The number of hydrogen-bond acceptors (Lipinski definition) is 4. The minimum absolute atomic E-state index is 0.167. The Bertz CT molecular complexity index is 588. The van der Waals surface area contributed by atoms with Gasteiger partial charge in [-0.3, -0.25) is 14.8 Å². The summed E-state index contributed by atoms with van der Waals surface area (Å²) in [6.45, 7) is 3.63. The lowest BCUT2D eigenvalue weighted by molar-refractivity contribution is 0.0717. The Morgan fingerprint density at radius 1 is 1.35 bits per heavy atom. The van der Waals surface area contributed by atoms with Crippen LogP contribution in [0, 0.1) is 6.92 Å². The summed E-state index contributed by atoms with van der Waals surface area (Å²) in [4.78, 5) is 23.7. The predicted octanol–water partition coefficient (Wildman–Crippen LogP) is 2.87. The Labute approximate surface area is 122 Å². The van der Waals surface area contributed by atoms with E-state index in [0.29, 0.717) is 5.92 Å². The van der Waals surface area contributed by atoms with Crippen LogP contribution in [0.15, 0.2) is 30.0 Å². The highest BCUT2D eigenvalue weighted by Gasteiger charge is 2.25. The number of aromatic nitrogens is 2. The number of rotatable bonds is 2. The molecule has 0 aromatic carbocycles. The molecule has 0 saturated carbocycles. The van der Waals surface area contributed by atoms with Crippen molar-refractivity contribution >= 4 is 17.2 Å². The Balaban J connectivity index is 1.63. The topological polar surface area (TPSA) is 46.1 Å². The molecule has 4 nitrogen and oxygen atoms in total. The summed E-state index contributed by atoms with van der Waals surface area (Å²) >= 11 is 1.53. The molecule has 1 amide bonds. The van der Waals surface area contributed by atoms with Crippen LogP contribution in [0.1, 0.15) is 39.7 Å². The number of nitrogens with zero attached hydrogens (tertiary/aromatic N) is 3. The second-order valence-electron chi connectivity index (χ2n) is 5.19. The molecule has 0 N–H and O–H groups in total. The van der Waals surface area contributed by atoms with E-state index < -0.39 is 0 Å². The van der Waals surface area contributed by atoms with Crippen LogP contribution < -0.4 is 0 Å². The molecule has 1 aliphatic heterocycles. The number of hydrogen-bond donors (Lipinski definition) is 0. The maximum absolute atomic E-state index is 12.4. The quantitative estimate of drug-likeness (QED) is 0.853. The van der Waals surface area contributed by atoms with Gasteiger partial charge in [-0.2, -0.15) is 0 Å². The minimum atomic E-state index is 0.167. The molecule has 0 bridgehead atoms. The van der Waals surface area contributed by atoms with Crippen LogP contribution in [0.3, 0.4) is 0 Å². The summed E-state index contributed by atoms with van der Waals surface area (Å²) in [5, 5.41) is 2.03. The summed E-state index contributed by atoms with van der Waals surface area (Å²) in [5.41, 5.74) is 2.21. The molecule has 0 spiro atoms. The highest BCUT2D eigenvalue weighted by molar-refractivity contribution is 7.12. The Morgan fingerprint density at radius 2 is 2.15 bits per heavy atom. The van der Waals surface area contributed by atoms with Gasteiger partial charge >= 0.3 is 0 Å². The van der Waals surface area contributed by atoms with Crippen LogP contribution in [0.5, 0.6) is 0 Å². The zero-order valence-corrected chi connectivity index (χ0v) is 12.3. The maximum atomic E-state index is 12.4. The van der Waals surface area contributed by atoms with Gasteiger partial charge < -0.3 is 4.90 Å². The van der Waals surface area contributed by atoms with Crippen LogP contribution in [-0.4, -0.2) is 33.9 Å². The molecule has 0 unspecified atom stereocenters. The van der Waals surface area contributed by atoms with Gasteiger partial charge in [-0.1, -0.05) is 0 Å². The molecule has 2 aromatic rings. The van der Waals surface area contributed by atoms with Gasteiger partial charge in [0.2, 0.25) is 0 Å². The molecule has 1 saturated heterocycles. The van der Waals surface area contributed by atoms with E-state index in [9.17, 15) is 4.79 Å². The SMILES string of the molecule is Cc1csc(C(=O)N2CCC(c3cnccn3)CC2)c1. The van der Waals surface area contributed by atoms with Crippen LogP contribution >= 0.6 is 11.3 Å². The van der Waals surface area contributed by atoms with Gasteiger partial charge in [-0.05, 0) is 36.8 Å². The molecule has 3 rings (SSSR count). The number of carbonyl (C=O) groups excluding carboxylic acids is 1. The second kappa shape index (κ2) is 5.71. The van der Waals surface area contributed by atoms with E-state index in [2.05, 4.69) is 9.97 Å². The molecule has 3 heterocycles. The van der Waals surface area contributed by atoms with Crippen molar-refractivity contribution in [3.63, 3.8) is 0 Å². The molecule has 20 heavy (non-hydrogen) atoms. The summed E-state index contributed by atoms with van der Waals surface area (Å²) in [7, 11) is 0. The van der Waals surface area contributed by atoms with Crippen LogP contribution in [-0.2, 0) is 0 Å². The van der Waals surface area contributed by atoms with E-state index in [1.807, 2.05) is 29.5 Å². The van der Waals surface area contributed by atoms with Gasteiger partial charge in [0.05, 0.1) is 10.6 Å². The number of aryl methyl sites for hydroxylation is 1. The fourth-order valence-corrected chi connectivity index (χ4v) is 3.46. The third-order valence-electron chi connectivity index (χ3n) is 3.72. The Kier molecular flexibility index (Phi) is 3.78. The number of carbonyl (C=O) groups is 1. The van der Waals surface area contributed by atoms with Crippen molar-refractivity contribution in [3.05, 3.63) is 46.2 Å². The molecular weight excluding hydrogens is 270 g/mol. The van der Waals surface area contributed by atoms with Gasteiger partial charge in [0.15, 0.2) is 0 Å². The molecule has 0 aliphatic carbocycles. The van der Waals surface area contributed by atoms with Crippen molar-refractivity contribution in [2.75, 3.05) is 13.1 Å². The second-order valence-corrected chi connectivity index (χ2v) is 6.10. The van der Waals surface area contributed by atoms with E-state index in [1.54, 1.807) is 12.4 Å². The zero-order chi connectivity index (χ0) is 13.9. The van der Waals surface area contributed by atoms with Crippen molar-refractivity contribution in [2.45, 2.75) is 25.7 Å². The third-order valence-corrected chi connectivity index (χ3v) is 4.76. The molecule has 0 atom stereocenters. The molecule has 0 radical (unpaired) electrons. The normalized spacial score (nSPS) is 16.4. The van der Waals surface area contributed by atoms with E-state index in [1.165, 1.54) is 11.3 Å². The lowest BCUT2D eigenvalue weighted by Crippen LogP contribution is -2.37. The smallest absolute Gasteiger partial charge is 0.263 e.